The Hall–Kier alpha value is -1.14. The molecular weight excluding hydrogens is 212 g/mol. The van der Waals surface area contributed by atoms with Gasteiger partial charge in [0.05, 0.1) is 10.7 Å². The van der Waals surface area contributed by atoms with Gasteiger partial charge in [-0.15, -0.1) is 11.3 Å². The number of amidine groups is 1. The van der Waals surface area contributed by atoms with E-state index in [-0.39, 0.29) is 5.84 Å². The molecule has 0 amide bonds. The third kappa shape index (κ3) is 4.26. The maximum atomic E-state index is 8.37. The predicted octanol–water partition coefficient (Wildman–Crippen LogP) is 1.02. The summed E-state index contributed by atoms with van der Waals surface area (Å²) < 4.78 is 0. The second-order valence-corrected chi connectivity index (χ2v) is 4.50. The molecule has 1 aromatic rings. The Morgan fingerprint density at radius 2 is 2.47 bits per heavy atom. The van der Waals surface area contributed by atoms with Crippen molar-refractivity contribution < 1.29 is 5.21 Å². The van der Waals surface area contributed by atoms with Crippen LogP contribution in [0.2, 0.25) is 0 Å². The molecule has 0 atom stereocenters. The summed E-state index contributed by atoms with van der Waals surface area (Å²) in [5.74, 6) is 0.260. The average Bonchev–Trinajstić information content (AvgIpc) is 2.60. The second kappa shape index (κ2) is 5.67. The number of aryl methyl sites for hydroxylation is 1. The van der Waals surface area contributed by atoms with Gasteiger partial charge >= 0.3 is 0 Å². The zero-order chi connectivity index (χ0) is 11.3. The van der Waals surface area contributed by atoms with E-state index in [2.05, 4.69) is 20.4 Å². The van der Waals surface area contributed by atoms with Gasteiger partial charge in [0, 0.05) is 24.9 Å². The number of nitrogens with two attached hydrogens (primary N) is 1. The number of oxime groups is 1. The van der Waals surface area contributed by atoms with Crippen molar-refractivity contribution in [3.05, 3.63) is 16.1 Å². The van der Waals surface area contributed by atoms with Gasteiger partial charge in [0.2, 0.25) is 0 Å². The highest BCUT2D eigenvalue weighted by atomic mass is 32.1. The highest BCUT2D eigenvalue weighted by molar-refractivity contribution is 7.09. The normalized spacial score (nSPS) is 12.3. The molecule has 0 spiro atoms. The number of thiazole rings is 1. The maximum Gasteiger partial charge on any atom is 0.140 e. The van der Waals surface area contributed by atoms with Crippen LogP contribution in [0.4, 0.5) is 0 Å². The minimum absolute atomic E-state index is 0.260. The van der Waals surface area contributed by atoms with Gasteiger partial charge < -0.3 is 15.8 Å². The highest BCUT2D eigenvalue weighted by Gasteiger charge is 2.04. The van der Waals surface area contributed by atoms with E-state index in [0.717, 1.165) is 23.8 Å². The standard InChI is InChI=1S/C9H16N4OS/c1-7-11-8(6-15-7)5-13(2)4-3-9(10)12-14/h6,14H,3-5H2,1-2H3,(H2,10,12). The summed E-state index contributed by atoms with van der Waals surface area (Å²) in [6.07, 6.45) is 0.566. The van der Waals surface area contributed by atoms with Crippen molar-refractivity contribution in [2.45, 2.75) is 19.9 Å². The number of hydrogen-bond donors (Lipinski definition) is 2. The molecule has 0 aliphatic rings. The van der Waals surface area contributed by atoms with Crippen LogP contribution >= 0.6 is 11.3 Å². The fourth-order valence-electron chi connectivity index (χ4n) is 1.19. The summed E-state index contributed by atoms with van der Waals surface area (Å²) in [5.41, 5.74) is 6.45. The van der Waals surface area contributed by atoms with Gasteiger partial charge in [0.15, 0.2) is 0 Å². The van der Waals surface area contributed by atoms with E-state index < -0.39 is 0 Å². The molecule has 0 saturated heterocycles. The van der Waals surface area contributed by atoms with Gasteiger partial charge in [-0.25, -0.2) is 4.98 Å². The van der Waals surface area contributed by atoms with E-state index in [4.69, 9.17) is 10.9 Å². The lowest BCUT2D eigenvalue weighted by atomic mass is 10.3. The van der Waals surface area contributed by atoms with Crippen LogP contribution in [-0.2, 0) is 6.54 Å². The van der Waals surface area contributed by atoms with E-state index in [0.29, 0.717) is 6.42 Å². The molecule has 0 saturated carbocycles. The molecule has 0 aromatic carbocycles. The molecule has 0 aliphatic heterocycles. The lowest BCUT2D eigenvalue weighted by Gasteiger charge is -2.14. The highest BCUT2D eigenvalue weighted by Crippen LogP contribution is 2.09. The molecule has 5 nitrogen and oxygen atoms in total. The zero-order valence-electron chi connectivity index (χ0n) is 8.97. The molecule has 3 N–H and O–H groups in total. The maximum absolute atomic E-state index is 8.37. The van der Waals surface area contributed by atoms with Crippen LogP contribution in [0.1, 0.15) is 17.1 Å². The van der Waals surface area contributed by atoms with Crippen LogP contribution in [0, 0.1) is 6.92 Å². The van der Waals surface area contributed by atoms with Crippen molar-refractivity contribution in [1.82, 2.24) is 9.88 Å². The molecule has 0 bridgehead atoms. The van der Waals surface area contributed by atoms with Crippen LogP contribution in [0.5, 0.6) is 0 Å². The van der Waals surface area contributed by atoms with Crippen molar-refractivity contribution >= 4 is 17.2 Å². The molecular formula is C9H16N4OS. The molecule has 0 unspecified atom stereocenters. The quantitative estimate of drug-likeness (QED) is 0.341. The lowest BCUT2D eigenvalue weighted by molar-refractivity contribution is 0.309. The number of hydrogen-bond acceptors (Lipinski definition) is 5. The summed E-state index contributed by atoms with van der Waals surface area (Å²) in [6, 6.07) is 0. The minimum atomic E-state index is 0.260. The van der Waals surface area contributed by atoms with Gasteiger partial charge in [0.1, 0.15) is 5.84 Å². The largest absolute Gasteiger partial charge is 0.409 e. The smallest absolute Gasteiger partial charge is 0.140 e. The molecule has 84 valence electrons. The first-order valence-electron chi connectivity index (χ1n) is 4.67. The molecule has 0 aliphatic carbocycles. The first kappa shape index (κ1) is 11.9. The summed E-state index contributed by atoms with van der Waals surface area (Å²) >= 11 is 1.65. The lowest BCUT2D eigenvalue weighted by Crippen LogP contribution is -2.24. The summed E-state index contributed by atoms with van der Waals surface area (Å²) in [7, 11) is 1.99. The summed E-state index contributed by atoms with van der Waals surface area (Å²) in [5, 5.41) is 14.4. The van der Waals surface area contributed by atoms with E-state index in [9.17, 15) is 0 Å². The first-order chi connectivity index (χ1) is 7.11. The van der Waals surface area contributed by atoms with E-state index in [1.54, 1.807) is 11.3 Å². The van der Waals surface area contributed by atoms with Crippen molar-refractivity contribution in [3.63, 3.8) is 0 Å². The van der Waals surface area contributed by atoms with Crippen molar-refractivity contribution in [2.75, 3.05) is 13.6 Å². The van der Waals surface area contributed by atoms with Crippen LogP contribution in [-0.4, -0.2) is 34.5 Å². The molecule has 0 fully saturated rings. The monoisotopic (exact) mass is 228 g/mol. The SMILES string of the molecule is Cc1nc(CN(C)CCC(N)=NO)cs1. The van der Waals surface area contributed by atoms with Gasteiger partial charge in [-0.1, -0.05) is 5.16 Å². The van der Waals surface area contributed by atoms with Gasteiger partial charge in [-0.2, -0.15) is 0 Å². The number of rotatable bonds is 5. The van der Waals surface area contributed by atoms with E-state index in [1.807, 2.05) is 14.0 Å². The topological polar surface area (TPSA) is 74.7 Å². The van der Waals surface area contributed by atoms with Crippen LogP contribution in [0.15, 0.2) is 10.5 Å². The Morgan fingerprint density at radius 3 is 3.00 bits per heavy atom. The van der Waals surface area contributed by atoms with Crippen LogP contribution in [0.25, 0.3) is 0 Å². The Balaban J connectivity index is 2.33. The first-order valence-corrected chi connectivity index (χ1v) is 5.55. The van der Waals surface area contributed by atoms with Gasteiger partial charge in [0.25, 0.3) is 0 Å². The Bertz CT molecular complexity index is 337. The summed E-state index contributed by atoms with van der Waals surface area (Å²) in [4.78, 5) is 6.45. The van der Waals surface area contributed by atoms with Crippen molar-refractivity contribution in [3.8, 4) is 0 Å². The molecule has 0 radical (unpaired) electrons. The molecule has 15 heavy (non-hydrogen) atoms. The number of nitrogens with zero attached hydrogens (tertiary/aromatic N) is 3. The van der Waals surface area contributed by atoms with E-state index >= 15 is 0 Å². The second-order valence-electron chi connectivity index (χ2n) is 3.44. The Kier molecular flexibility index (Phi) is 4.51. The van der Waals surface area contributed by atoms with Crippen LogP contribution in [0.3, 0.4) is 0 Å². The molecule has 6 heteroatoms. The fraction of sp³-hybridized carbons (Fsp3) is 0.556. The van der Waals surface area contributed by atoms with E-state index in [1.165, 1.54) is 0 Å². The number of aromatic nitrogens is 1. The fourth-order valence-corrected chi connectivity index (χ4v) is 1.80. The third-order valence-electron chi connectivity index (χ3n) is 1.98. The minimum Gasteiger partial charge on any atom is -0.409 e. The predicted molar refractivity (Wildman–Crippen MR) is 61.2 cm³/mol. The average molecular weight is 228 g/mol. The van der Waals surface area contributed by atoms with Crippen molar-refractivity contribution in [2.24, 2.45) is 10.9 Å². The third-order valence-corrected chi connectivity index (χ3v) is 2.80. The van der Waals surface area contributed by atoms with Crippen molar-refractivity contribution in [1.29, 1.82) is 0 Å². The zero-order valence-corrected chi connectivity index (χ0v) is 9.79. The Morgan fingerprint density at radius 1 is 1.73 bits per heavy atom. The molecule has 1 rings (SSSR count). The Labute approximate surface area is 93.2 Å². The summed E-state index contributed by atoms with van der Waals surface area (Å²) in [6.45, 7) is 3.54. The molecule has 1 heterocycles. The van der Waals surface area contributed by atoms with Gasteiger partial charge in [-0.05, 0) is 14.0 Å². The van der Waals surface area contributed by atoms with Crippen LogP contribution < -0.4 is 5.73 Å². The molecule has 1 aromatic heterocycles. The van der Waals surface area contributed by atoms with Gasteiger partial charge in [-0.3, -0.25) is 0 Å².